The molecule has 0 bridgehead atoms. The van der Waals surface area contributed by atoms with Crippen LogP contribution in [0.15, 0.2) is 61.2 Å². The zero-order chi connectivity index (χ0) is 20.0. The molecule has 0 amide bonds. The molecule has 4 N–H and O–H groups in total. The Bertz CT molecular complexity index is 982. The first-order chi connectivity index (χ1) is 13.5. The third-order valence-corrected chi connectivity index (χ3v) is 4.00. The number of rotatable bonds is 9. The van der Waals surface area contributed by atoms with Crippen molar-refractivity contribution in [2.24, 2.45) is 11.0 Å². The maximum Gasteiger partial charge on any atom is 0.380 e. The van der Waals surface area contributed by atoms with E-state index in [9.17, 15) is 8.42 Å². The van der Waals surface area contributed by atoms with Gasteiger partial charge in [0, 0.05) is 0 Å². The summed E-state index contributed by atoms with van der Waals surface area (Å²) in [5.74, 6) is 5.29. The van der Waals surface area contributed by atoms with Gasteiger partial charge in [-0.1, -0.05) is 0 Å². The Balaban J connectivity index is 1.86. The average molecular weight is 426 g/mol. The Kier molecular flexibility index (Phi) is 6.30. The molecular weight excluding hydrogens is 412 g/mol. The summed E-state index contributed by atoms with van der Waals surface area (Å²) in [4.78, 5) is 9.37. The highest BCUT2D eigenvalue weighted by Gasteiger charge is 2.14. The fourth-order valence-corrected chi connectivity index (χ4v) is 2.81. The molecule has 0 radical (unpaired) electrons. The number of hydrogen-bond acceptors (Lipinski definition) is 11. The molecule has 1 heterocycles. The lowest BCUT2D eigenvalue weighted by Gasteiger charge is -2.24. The summed E-state index contributed by atoms with van der Waals surface area (Å²) in [5.41, 5.74) is 1.36. The van der Waals surface area contributed by atoms with Crippen LogP contribution in [0.2, 0.25) is 0 Å². The fraction of sp³-hybridized carbons (Fsp3) is 0. The van der Waals surface area contributed by atoms with Crippen LogP contribution in [0.25, 0.3) is 0 Å². The molecule has 0 fully saturated rings. The SMILES string of the molecule is NOOSOc1ccc(N(c2ccc(OS(N)(=O)=O)cc2)n2cncn2)cc1. The highest BCUT2D eigenvalue weighted by atomic mass is 32.2. The largest absolute Gasteiger partial charge is 0.399 e. The van der Waals surface area contributed by atoms with Gasteiger partial charge in [0.05, 0.1) is 11.4 Å². The van der Waals surface area contributed by atoms with E-state index in [2.05, 4.69) is 23.6 Å². The third-order valence-electron chi connectivity index (χ3n) is 3.18. The highest BCUT2D eigenvalue weighted by Crippen LogP contribution is 2.29. The Labute approximate surface area is 164 Å². The minimum Gasteiger partial charge on any atom is -0.399 e. The molecule has 12 nitrogen and oxygen atoms in total. The number of hydrogen-bond donors (Lipinski definition) is 2. The number of aromatic nitrogens is 3. The Hall–Kier alpha value is -2.88. The first-order valence-electron chi connectivity index (χ1n) is 7.40. The second-order valence-corrected chi connectivity index (χ2v) is 6.60. The summed E-state index contributed by atoms with van der Waals surface area (Å²) < 4.78 is 36.3. The standard InChI is InChI=1S/C14H14N6O6S2/c15-25-26-27-23-13-5-1-11(2-6-13)20(19-10-17-9-18-19)12-3-7-14(8-4-12)24-28(16,21)22/h1-10H,15H2,(H2,16,21,22). The van der Waals surface area contributed by atoms with E-state index in [1.165, 1.54) is 29.6 Å². The monoisotopic (exact) mass is 426 g/mol. The van der Waals surface area contributed by atoms with Crippen LogP contribution in [0.5, 0.6) is 11.5 Å². The van der Waals surface area contributed by atoms with Crippen molar-refractivity contribution in [1.82, 2.24) is 14.9 Å². The van der Waals surface area contributed by atoms with Crippen molar-refractivity contribution in [2.75, 3.05) is 5.01 Å². The Morgan fingerprint density at radius 2 is 1.61 bits per heavy atom. The van der Waals surface area contributed by atoms with Crippen molar-refractivity contribution >= 4 is 34.0 Å². The van der Waals surface area contributed by atoms with Crippen LogP contribution in [0, 0.1) is 0 Å². The average Bonchev–Trinajstić information content (AvgIpc) is 3.18. The summed E-state index contributed by atoms with van der Waals surface area (Å²) in [6.45, 7) is 0. The zero-order valence-electron chi connectivity index (χ0n) is 14.0. The molecule has 0 aliphatic rings. The number of benzene rings is 2. The number of nitrogens with two attached hydrogens (primary N) is 2. The van der Waals surface area contributed by atoms with E-state index in [1.807, 2.05) is 0 Å². The minimum absolute atomic E-state index is 0.0766. The molecule has 1 aromatic heterocycles. The molecule has 14 heteroatoms. The van der Waals surface area contributed by atoms with Crippen LogP contribution in [-0.4, -0.2) is 23.3 Å². The van der Waals surface area contributed by atoms with Gasteiger partial charge in [-0.05, 0) is 48.5 Å². The van der Waals surface area contributed by atoms with Gasteiger partial charge in [0.2, 0.25) is 0 Å². The molecule has 0 unspecified atom stereocenters. The van der Waals surface area contributed by atoms with Crippen LogP contribution in [0.1, 0.15) is 0 Å². The molecule has 0 saturated carbocycles. The second kappa shape index (κ2) is 8.87. The summed E-state index contributed by atoms with van der Waals surface area (Å²) in [7, 11) is -4.10. The molecular formula is C14H14N6O6S2. The maximum atomic E-state index is 11.0. The van der Waals surface area contributed by atoms with E-state index in [0.29, 0.717) is 29.4 Å². The summed E-state index contributed by atoms with van der Waals surface area (Å²) in [6, 6.07) is 13.1. The van der Waals surface area contributed by atoms with Gasteiger partial charge in [0.15, 0.2) is 0 Å². The Morgan fingerprint density at radius 3 is 2.11 bits per heavy atom. The smallest absolute Gasteiger partial charge is 0.380 e. The van der Waals surface area contributed by atoms with Gasteiger partial charge < -0.3 is 8.37 Å². The van der Waals surface area contributed by atoms with E-state index >= 15 is 0 Å². The van der Waals surface area contributed by atoms with Gasteiger partial charge in [-0.2, -0.15) is 24.2 Å². The van der Waals surface area contributed by atoms with E-state index in [1.54, 1.807) is 41.4 Å². The highest BCUT2D eigenvalue weighted by molar-refractivity contribution is 7.90. The van der Waals surface area contributed by atoms with Gasteiger partial charge in [-0.25, -0.2) is 9.99 Å². The predicted octanol–water partition coefficient (Wildman–Crippen LogP) is 1.23. The lowest BCUT2D eigenvalue weighted by molar-refractivity contribution is -0.199. The zero-order valence-corrected chi connectivity index (χ0v) is 15.6. The molecule has 148 valence electrons. The van der Waals surface area contributed by atoms with Crippen molar-refractivity contribution in [3.8, 4) is 11.5 Å². The van der Waals surface area contributed by atoms with Gasteiger partial charge in [-0.15, -0.1) is 14.4 Å². The molecule has 0 aliphatic carbocycles. The lowest BCUT2D eigenvalue weighted by Crippen LogP contribution is -2.24. The normalized spacial score (nSPS) is 11.2. The Morgan fingerprint density at radius 1 is 1.00 bits per heavy atom. The fourth-order valence-electron chi connectivity index (χ4n) is 2.18. The number of nitrogens with zero attached hydrogens (tertiary/aromatic N) is 4. The van der Waals surface area contributed by atoms with Gasteiger partial charge >= 0.3 is 10.3 Å². The van der Waals surface area contributed by atoms with Crippen molar-refractivity contribution in [3.63, 3.8) is 0 Å². The predicted molar refractivity (Wildman–Crippen MR) is 98.8 cm³/mol. The van der Waals surface area contributed by atoms with E-state index in [4.69, 9.17) is 15.2 Å². The molecule has 0 saturated heterocycles. The summed E-state index contributed by atoms with van der Waals surface area (Å²) >= 11 is 0.559. The van der Waals surface area contributed by atoms with Crippen molar-refractivity contribution in [3.05, 3.63) is 61.2 Å². The molecule has 2 aromatic carbocycles. The van der Waals surface area contributed by atoms with Crippen LogP contribution < -0.4 is 24.4 Å². The number of anilines is 2. The third kappa shape index (κ3) is 5.32. The van der Waals surface area contributed by atoms with Crippen molar-refractivity contribution in [1.29, 1.82) is 0 Å². The molecule has 0 spiro atoms. The van der Waals surface area contributed by atoms with Gasteiger partial charge in [-0.3, -0.25) is 0 Å². The minimum atomic E-state index is -4.10. The van der Waals surface area contributed by atoms with E-state index < -0.39 is 10.3 Å². The quantitative estimate of drug-likeness (QED) is 0.219. The molecule has 3 rings (SSSR count). The van der Waals surface area contributed by atoms with Crippen molar-refractivity contribution in [2.45, 2.75) is 0 Å². The first kappa shape index (κ1) is 19.9. The molecule has 28 heavy (non-hydrogen) atoms. The topological polar surface area (TPSA) is 157 Å². The van der Waals surface area contributed by atoms with E-state index in [0.717, 1.165) is 0 Å². The molecule has 0 atom stereocenters. The first-order valence-corrected chi connectivity index (χ1v) is 9.54. The lowest BCUT2D eigenvalue weighted by atomic mass is 10.2. The molecule has 3 aromatic rings. The van der Waals surface area contributed by atoms with Crippen molar-refractivity contribution < 1.29 is 26.1 Å². The van der Waals surface area contributed by atoms with E-state index in [-0.39, 0.29) is 5.75 Å². The summed E-state index contributed by atoms with van der Waals surface area (Å²) in [6.07, 6.45) is 2.88. The van der Waals surface area contributed by atoms with Gasteiger partial charge in [0.25, 0.3) is 12.3 Å². The second-order valence-electron chi connectivity index (χ2n) is 5.01. The van der Waals surface area contributed by atoms with Crippen LogP contribution in [0.3, 0.4) is 0 Å². The molecule has 0 aliphatic heterocycles. The summed E-state index contributed by atoms with van der Waals surface area (Å²) in [5, 5.41) is 10.7. The van der Waals surface area contributed by atoms with Gasteiger partial charge in [0.1, 0.15) is 24.2 Å². The van der Waals surface area contributed by atoms with Crippen LogP contribution >= 0.6 is 12.3 Å². The van der Waals surface area contributed by atoms with Crippen LogP contribution in [-0.2, 0) is 19.6 Å². The van der Waals surface area contributed by atoms with Crippen LogP contribution in [0.4, 0.5) is 11.4 Å². The maximum absolute atomic E-state index is 11.0.